The van der Waals surface area contributed by atoms with Crippen LogP contribution in [0.4, 0.5) is 0 Å². The normalized spacial score (nSPS) is 32.6. The van der Waals surface area contributed by atoms with E-state index in [1.807, 2.05) is 13.0 Å². The van der Waals surface area contributed by atoms with Gasteiger partial charge in [-0.2, -0.15) is 11.8 Å². The first kappa shape index (κ1) is 25.1. The molecule has 0 radical (unpaired) electrons. The molecular formula is C27H31NO7S. The molecule has 4 aliphatic rings. The summed E-state index contributed by atoms with van der Waals surface area (Å²) in [5.74, 6) is -9.04. The molecule has 0 heterocycles. The molecule has 5 atom stereocenters. The van der Waals surface area contributed by atoms with Gasteiger partial charge in [0.05, 0.1) is 11.5 Å². The van der Waals surface area contributed by atoms with Gasteiger partial charge in [-0.05, 0) is 49.7 Å². The number of hydrogen-bond donors (Lipinski definition) is 3. The highest BCUT2D eigenvalue weighted by Crippen LogP contribution is 2.51. The number of amides is 1. The minimum absolute atomic E-state index is 0.0941. The van der Waals surface area contributed by atoms with Crippen molar-refractivity contribution in [3.8, 4) is 5.75 Å². The summed E-state index contributed by atoms with van der Waals surface area (Å²) in [6, 6.07) is 1.91. The summed E-state index contributed by atoms with van der Waals surface area (Å²) in [4.78, 5) is 64.5. The van der Waals surface area contributed by atoms with Crippen molar-refractivity contribution in [1.29, 1.82) is 0 Å². The molecule has 0 aromatic heterocycles. The number of aliphatic hydroxyl groups is 1. The van der Waals surface area contributed by atoms with Gasteiger partial charge in [-0.15, -0.1) is 0 Å². The zero-order valence-corrected chi connectivity index (χ0v) is 21.1. The largest absolute Gasteiger partial charge is 0.507 e. The summed E-state index contributed by atoms with van der Waals surface area (Å²) in [6.45, 7) is 1.88. The Hall–Kier alpha value is -2.52. The third kappa shape index (κ3) is 3.74. The molecule has 0 saturated heterocycles. The molecule has 9 heteroatoms. The molecule has 2 unspecified atom stereocenters. The van der Waals surface area contributed by atoms with Crippen LogP contribution in [0.15, 0.2) is 6.07 Å². The lowest BCUT2D eigenvalue weighted by molar-refractivity contribution is -0.175. The summed E-state index contributed by atoms with van der Waals surface area (Å²) >= 11 is 1.77. The molecule has 8 nitrogen and oxygen atoms in total. The summed E-state index contributed by atoms with van der Waals surface area (Å²) < 4.78 is 0. The van der Waals surface area contributed by atoms with E-state index in [0.29, 0.717) is 28.6 Å². The monoisotopic (exact) mass is 513 g/mol. The fourth-order valence-corrected chi connectivity index (χ4v) is 8.14. The lowest BCUT2D eigenvalue weighted by Gasteiger charge is -2.48. The van der Waals surface area contributed by atoms with Crippen LogP contribution in [0.3, 0.4) is 0 Å². The van der Waals surface area contributed by atoms with Gasteiger partial charge < -0.3 is 15.9 Å². The Labute approximate surface area is 213 Å². The Bertz CT molecular complexity index is 1190. The standard InChI is InChI=1S/C27H31NO7S/c1-12-7-14(11-36-16-5-3-2-4-6-16)22(30)20-17(12)9-13-8-15-10-18(29)21(26(28)34)25(33)27(15,35)24(32)19(13)23(20)31/h7,13,15-16,19,21,30,35H,2-6,8-11H2,1H3,(H2,28,34)/t13-,15+,19?,21?,27+/m1/s1. The molecule has 5 rings (SSSR count). The molecule has 1 amide bonds. The van der Waals surface area contributed by atoms with E-state index in [1.54, 1.807) is 11.8 Å². The van der Waals surface area contributed by atoms with Crippen molar-refractivity contribution >= 4 is 40.8 Å². The Morgan fingerprint density at radius 3 is 2.47 bits per heavy atom. The average Bonchev–Trinajstić information content (AvgIpc) is 2.83. The molecule has 3 saturated carbocycles. The van der Waals surface area contributed by atoms with Gasteiger partial charge in [-0.3, -0.25) is 24.0 Å². The number of phenols is 1. The third-order valence-corrected chi connectivity index (χ3v) is 10.2. The number of ketones is 4. The van der Waals surface area contributed by atoms with Crippen LogP contribution in [-0.2, 0) is 31.4 Å². The van der Waals surface area contributed by atoms with Crippen molar-refractivity contribution in [2.75, 3.05) is 0 Å². The SMILES string of the molecule is Cc1cc(CSC2CCCCC2)c(O)c2c1C[C@H]1C[C@H]3CC(=O)C(C(N)=O)C(=O)[C@@]3(O)C(=O)C1C2=O. The van der Waals surface area contributed by atoms with E-state index in [1.165, 1.54) is 19.3 Å². The predicted molar refractivity (Wildman–Crippen MR) is 131 cm³/mol. The highest BCUT2D eigenvalue weighted by atomic mass is 32.2. The zero-order chi connectivity index (χ0) is 25.9. The van der Waals surface area contributed by atoms with Crippen LogP contribution in [-0.4, -0.2) is 50.1 Å². The lowest BCUT2D eigenvalue weighted by atomic mass is 9.53. The third-order valence-electron chi connectivity index (χ3n) is 8.73. The Kier molecular flexibility index (Phi) is 6.35. The molecule has 1 aromatic rings. The maximum absolute atomic E-state index is 13.7. The molecule has 0 spiro atoms. The number of Topliss-reactive ketones (excluding diaryl/α,β-unsaturated/α-hetero) is 4. The van der Waals surface area contributed by atoms with Gasteiger partial charge in [0.1, 0.15) is 5.75 Å². The Morgan fingerprint density at radius 1 is 1.11 bits per heavy atom. The van der Waals surface area contributed by atoms with Gasteiger partial charge in [-0.25, -0.2) is 0 Å². The van der Waals surface area contributed by atoms with E-state index >= 15 is 0 Å². The number of hydrogen-bond acceptors (Lipinski definition) is 8. The highest BCUT2D eigenvalue weighted by Gasteiger charge is 2.66. The maximum Gasteiger partial charge on any atom is 0.235 e. The van der Waals surface area contributed by atoms with Gasteiger partial charge in [0.15, 0.2) is 34.7 Å². The van der Waals surface area contributed by atoms with Crippen LogP contribution in [0, 0.1) is 30.6 Å². The Morgan fingerprint density at radius 2 is 1.81 bits per heavy atom. The van der Waals surface area contributed by atoms with Crippen LogP contribution in [0.25, 0.3) is 0 Å². The summed E-state index contributed by atoms with van der Waals surface area (Å²) in [5.41, 5.74) is 4.88. The van der Waals surface area contributed by atoms with Crippen molar-refractivity contribution in [2.45, 2.75) is 74.9 Å². The number of phenolic OH excluding ortho intramolecular Hbond substituents is 1. The second-order valence-corrected chi connectivity index (χ2v) is 12.2. The number of rotatable bonds is 4. The maximum atomic E-state index is 13.7. The summed E-state index contributed by atoms with van der Waals surface area (Å²) in [5, 5.41) is 23.0. The first-order valence-corrected chi connectivity index (χ1v) is 13.7. The molecular weight excluding hydrogens is 482 g/mol. The van der Waals surface area contributed by atoms with E-state index < -0.39 is 58.3 Å². The number of carbonyl (C=O) groups excluding carboxylic acids is 5. The quantitative estimate of drug-likeness (QED) is 0.518. The minimum Gasteiger partial charge on any atom is -0.507 e. The van der Waals surface area contributed by atoms with Crippen molar-refractivity contribution in [2.24, 2.45) is 29.4 Å². The van der Waals surface area contributed by atoms with Crippen LogP contribution in [0.5, 0.6) is 5.75 Å². The lowest BCUT2D eigenvalue weighted by Crippen LogP contribution is -2.68. The first-order valence-electron chi connectivity index (χ1n) is 12.7. The summed E-state index contributed by atoms with van der Waals surface area (Å²) in [7, 11) is 0. The molecule has 0 aliphatic heterocycles. The number of aryl methyl sites for hydroxylation is 1. The van der Waals surface area contributed by atoms with Crippen molar-refractivity contribution < 1.29 is 34.2 Å². The topological polar surface area (TPSA) is 152 Å². The van der Waals surface area contributed by atoms with E-state index in [2.05, 4.69) is 0 Å². The van der Waals surface area contributed by atoms with Gasteiger partial charge in [0.25, 0.3) is 0 Å². The number of carbonyl (C=O) groups is 5. The van der Waals surface area contributed by atoms with E-state index in [4.69, 9.17) is 5.73 Å². The fraction of sp³-hybridized carbons (Fsp3) is 0.593. The molecule has 4 N–H and O–H groups in total. The number of aromatic hydroxyl groups is 1. The van der Waals surface area contributed by atoms with Crippen molar-refractivity contribution in [3.05, 3.63) is 28.3 Å². The number of nitrogens with two attached hydrogens (primary N) is 1. The predicted octanol–water partition coefficient (Wildman–Crippen LogP) is 2.20. The van der Waals surface area contributed by atoms with E-state index in [9.17, 15) is 34.2 Å². The molecule has 36 heavy (non-hydrogen) atoms. The van der Waals surface area contributed by atoms with Crippen molar-refractivity contribution in [3.63, 3.8) is 0 Å². The second kappa shape index (κ2) is 9.10. The van der Waals surface area contributed by atoms with E-state index in [-0.39, 0.29) is 24.2 Å². The van der Waals surface area contributed by atoms with Gasteiger partial charge in [0, 0.05) is 28.9 Å². The van der Waals surface area contributed by atoms with Gasteiger partial charge in [-0.1, -0.05) is 25.3 Å². The molecule has 3 fully saturated rings. The Balaban J connectivity index is 1.48. The first-order chi connectivity index (χ1) is 17.1. The second-order valence-electron chi connectivity index (χ2n) is 10.9. The van der Waals surface area contributed by atoms with Crippen LogP contribution in [0.2, 0.25) is 0 Å². The number of benzene rings is 1. The zero-order valence-electron chi connectivity index (χ0n) is 20.2. The average molecular weight is 514 g/mol. The van der Waals surface area contributed by atoms with Crippen LogP contribution in [0.1, 0.15) is 72.0 Å². The summed E-state index contributed by atoms with van der Waals surface area (Å²) in [6.07, 6.45) is 6.01. The molecule has 1 aromatic carbocycles. The fourth-order valence-electron chi connectivity index (χ4n) is 6.84. The van der Waals surface area contributed by atoms with Gasteiger partial charge >= 0.3 is 0 Å². The number of primary amides is 1. The minimum atomic E-state index is -2.61. The van der Waals surface area contributed by atoms with Crippen LogP contribution >= 0.6 is 11.8 Å². The molecule has 4 aliphatic carbocycles. The number of fused-ring (bicyclic) bond motifs is 3. The molecule has 192 valence electrons. The number of thioether (sulfide) groups is 1. The smallest absolute Gasteiger partial charge is 0.235 e. The molecule has 0 bridgehead atoms. The van der Waals surface area contributed by atoms with Crippen molar-refractivity contribution in [1.82, 2.24) is 0 Å². The van der Waals surface area contributed by atoms with E-state index in [0.717, 1.165) is 18.4 Å². The van der Waals surface area contributed by atoms with Crippen LogP contribution < -0.4 is 5.73 Å². The van der Waals surface area contributed by atoms with Gasteiger partial charge in [0.2, 0.25) is 5.91 Å². The highest BCUT2D eigenvalue weighted by molar-refractivity contribution is 7.99.